The van der Waals surface area contributed by atoms with Crippen molar-refractivity contribution in [3.05, 3.63) is 61.3 Å². The number of hydrogen-bond acceptors (Lipinski definition) is 2. The smallest absolute Gasteiger partial charge is 0.0279 e. The van der Waals surface area contributed by atoms with Gasteiger partial charge in [-0.05, 0) is 45.7 Å². The van der Waals surface area contributed by atoms with E-state index in [1.54, 1.807) is 0 Å². The molecule has 0 radical (unpaired) electrons. The van der Waals surface area contributed by atoms with Gasteiger partial charge >= 0.3 is 0 Å². The summed E-state index contributed by atoms with van der Waals surface area (Å²) in [5.41, 5.74) is 1.32. The molecule has 2 nitrogen and oxygen atoms in total. The second-order valence-corrected chi connectivity index (χ2v) is 5.62. The molecule has 0 bridgehead atoms. The second-order valence-electron chi connectivity index (χ2n) is 5.62. The highest BCUT2D eigenvalue weighted by atomic mass is 14.9. The van der Waals surface area contributed by atoms with Crippen LogP contribution in [0.2, 0.25) is 0 Å². The van der Waals surface area contributed by atoms with Crippen molar-refractivity contribution < 1.29 is 0 Å². The fourth-order valence-electron chi connectivity index (χ4n) is 2.20. The first-order chi connectivity index (χ1) is 10.6. The highest BCUT2D eigenvalue weighted by Gasteiger charge is 2.03. The summed E-state index contributed by atoms with van der Waals surface area (Å²) in [4.78, 5) is 0. The Labute approximate surface area is 137 Å². The molecule has 0 aromatic carbocycles. The number of allylic oxidation sites excluding steroid dienone is 4. The summed E-state index contributed by atoms with van der Waals surface area (Å²) in [7, 11) is 1.96. The lowest BCUT2D eigenvalue weighted by Gasteiger charge is -2.16. The summed E-state index contributed by atoms with van der Waals surface area (Å²) < 4.78 is 0. The van der Waals surface area contributed by atoms with Gasteiger partial charge in [-0.1, -0.05) is 56.0 Å². The van der Waals surface area contributed by atoms with Gasteiger partial charge in [-0.2, -0.15) is 0 Å². The van der Waals surface area contributed by atoms with Gasteiger partial charge in [-0.3, -0.25) is 0 Å². The van der Waals surface area contributed by atoms with E-state index < -0.39 is 0 Å². The van der Waals surface area contributed by atoms with Crippen molar-refractivity contribution in [3.8, 4) is 0 Å². The minimum absolute atomic E-state index is 0.355. The molecule has 0 aliphatic rings. The van der Waals surface area contributed by atoms with Crippen LogP contribution < -0.4 is 10.6 Å². The minimum atomic E-state index is 0.355. The molecule has 2 heteroatoms. The zero-order chi connectivity index (χ0) is 16.8. The maximum Gasteiger partial charge on any atom is 0.0279 e. The number of nitrogens with one attached hydrogen (secondary N) is 2. The zero-order valence-electron chi connectivity index (χ0n) is 14.8. The van der Waals surface area contributed by atoms with Crippen LogP contribution in [0, 0.1) is 0 Å². The fraction of sp³-hybridized carbons (Fsp3) is 0.500. The highest BCUT2D eigenvalue weighted by molar-refractivity contribution is 5.22. The van der Waals surface area contributed by atoms with E-state index >= 15 is 0 Å². The van der Waals surface area contributed by atoms with Crippen molar-refractivity contribution in [2.75, 3.05) is 7.05 Å². The normalized spacial score (nSPS) is 16.8. The number of rotatable bonds is 12. The summed E-state index contributed by atoms with van der Waals surface area (Å²) in [6.07, 6.45) is 17.8. The van der Waals surface area contributed by atoms with E-state index in [-0.39, 0.29) is 0 Å². The molecule has 2 N–H and O–H groups in total. The quantitative estimate of drug-likeness (QED) is 0.408. The van der Waals surface area contributed by atoms with Crippen molar-refractivity contribution in [2.45, 2.75) is 58.2 Å². The average molecular weight is 303 g/mol. The Kier molecular flexibility index (Phi) is 12.5. The molecular weight excluding hydrogens is 268 g/mol. The topological polar surface area (TPSA) is 24.1 Å². The molecule has 0 rings (SSSR count). The summed E-state index contributed by atoms with van der Waals surface area (Å²) in [6, 6.07) is 1.19. The molecule has 0 saturated heterocycles. The maximum atomic E-state index is 3.82. The van der Waals surface area contributed by atoms with Gasteiger partial charge in [-0.25, -0.2) is 0 Å². The SMILES string of the molecule is C=C/C=C(\C=C/CC(C)NC(C)/C=C\CC(C=C)NC)CC. The second kappa shape index (κ2) is 13.3. The molecule has 0 aromatic rings. The van der Waals surface area contributed by atoms with Crippen LogP contribution in [0.1, 0.15) is 40.0 Å². The Balaban J connectivity index is 4.14. The average Bonchev–Trinajstić information content (AvgIpc) is 2.50. The van der Waals surface area contributed by atoms with Gasteiger partial charge in [0.15, 0.2) is 0 Å². The lowest BCUT2D eigenvalue weighted by atomic mass is 10.1. The summed E-state index contributed by atoms with van der Waals surface area (Å²) in [5, 5.41) is 6.80. The van der Waals surface area contributed by atoms with Crippen molar-refractivity contribution in [3.63, 3.8) is 0 Å². The van der Waals surface area contributed by atoms with Crippen LogP contribution in [-0.4, -0.2) is 25.2 Å². The highest BCUT2D eigenvalue weighted by Crippen LogP contribution is 2.05. The van der Waals surface area contributed by atoms with Crippen molar-refractivity contribution in [2.24, 2.45) is 0 Å². The number of hydrogen-bond donors (Lipinski definition) is 2. The molecule has 0 saturated carbocycles. The van der Waals surface area contributed by atoms with Crippen LogP contribution in [0.5, 0.6) is 0 Å². The lowest BCUT2D eigenvalue weighted by molar-refractivity contribution is 0.519. The van der Waals surface area contributed by atoms with Crippen LogP contribution in [0.4, 0.5) is 0 Å². The van der Waals surface area contributed by atoms with Gasteiger partial charge in [0.1, 0.15) is 0 Å². The van der Waals surface area contributed by atoms with Gasteiger partial charge in [-0.15, -0.1) is 6.58 Å². The van der Waals surface area contributed by atoms with Crippen LogP contribution >= 0.6 is 0 Å². The Morgan fingerprint density at radius 1 is 1.14 bits per heavy atom. The molecule has 0 fully saturated rings. The summed E-state index contributed by atoms with van der Waals surface area (Å²) in [6.45, 7) is 14.1. The third-order valence-corrected chi connectivity index (χ3v) is 3.58. The van der Waals surface area contributed by atoms with E-state index in [4.69, 9.17) is 0 Å². The minimum Gasteiger partial charge on any atom is -0.313 e. The maximum absolute atomic E-state index is 3.82. The van der Waals surface area contributed by atoms with Gasteiger partial charge in [0.05, 0.1) is 0 Å². The van der Waals surface area contributed by atoms with E-state index in [0.29, 0.717) is 18.1 Å². The first kappa shape index (κ1) is 20.6. The van der Waals surface area contributed by atoms with Crippen LogP contribution in [-0.2, 0) is 0 Å². The molecule has 0 aliphatic carbocycles. The van der Waals surface area contributed by atoms with Gasteiger partial charge in [0.2, 0.25) is 0 Å². The van der Waals surface area contributed by atoms with E-state index in [1.807, 2.05) is 19.2 Å². The van der Waals surface area contributed by atoms with Crippen LogP contribution in [0.15, 0.2) is 61.3 Å². The first-order valence-corrected chi connectivity index (χ1v) is 8.27. The zero-order valence-corrected chi connectivity index (χ0v) is 14.8. The van der Waals surface area contributed by atoms with Gasteiger partial charge in [0.25, 0.3) is 0 Å². The van der Waals surface area contributed by atoms with E-state index in [0.717, 1.165) is 19.3 Å². The third-order valence-electron chi connectivity index (χ3n) is 3.58. The first-order valence-electron chi connectivity index (χ1n) is 8.27. The summed E-state index contributed by atoms with van der Waals surface area (Å²) >= 11 is 0. The molecule has 0 aliphatic heterocycles. The molecule has 0 spiro atoms. The predicted octanol–water partition coefficient (Wildman–Crippen LogP) is 4.54. The van der Waals surface area contributed by atoms with Crippen molar-refractivity contribution >= 4 is 0 Å². The van der Waals surface area contributed by atoms with Crippen molar-refractivity contribution in [1.82, 2.24) is 10.6 Å². The fourth-order valence-corrected chi connectivity index (χ4v) is 2.20. The van der Waals surface area contributed by atoms with Gasteiger partial charge < -0.3 is 10.6 Å². The standard InChI is InChI=1S/C20H34N2/c1-7-12-19(8-2)15-10-13-17(4)22-18(5)14-11-16-20(9-3)21-6/h7,9-12,14-15,17-18,20-22H,1,3,8,13,16H2,2,4-6H3/b14-11-,15-10-,19-12-. The molecular formula is C20H34N2. The molecule has 0 aromatic heterocycles. The van der Waals surface area contributed by atoms with Gasteiger partial charge in [0, 0.05) is 18.1 Å². The molecule has 0 amide bonds. The van der Waals surface area contributed by atoms with Crippen LogP contribution in [0.25, 0.3) is 0 Å². The largest absolute Gasteiger partial charge is 0.313 e. The lowest BCUT2D eigenvalue weighted by Crippen LogP contribution is -2.32. The Hall–Kier alpha value is -1.38. The molecule has 0 heterocycles. The van der Waals surface area contributed by atoms with Crippen LogP contribution in [0.3, 0.4) is 0 Å². The van der Waals surface area contributed by atoms with E-state index in [9.17, 15) is 0 Å². The molecule has 3 unspecified atom stereocenters. The number of likely N-dealkylation sites (N-methyl/N-ethyl adjacent to an activating group) is 1. The van der Waals surface area contributed by atoms with E-state index in [2.05, 4.69) is 74.9 Å². The van der Waals surface area contributed by atoms with E-state index in [1.165, 1.54) is 5.57 Å². The monoisotopic (exact) mass is 302 g/mol. The third kappa shape index (κ3) is 10.4. The Bertz CT molecular complexity index is 391. The predicted molar refractivity (Wildman–Crippen MR) is 101 cm³/mol. The van der Waals surface area contributed by atoms with Crippen molar-refractivity contribution in [1.29, 1.82) is 0 Å². The Morgan fingerprint density at radius 3 is 2.41 bits per heavy atom. The molecule has 3 atom stereocenters. The molecule has 124 valence electrons. The Morgan fingerprint density at radius 2 is 1.86 bits per heavy atom. The summed E-state index contributed by atoms with van der Waals surface area (Å²) in [5.74, 6) is 0. The molecule has 22 heavy (non-hydrogen) atoms.